The summed E-state index contributed by atoms with van der Waals surface area (Å²) < 4.78 is 22.4. The van der Waals surface area contributed by atoms with Crippen LogP contribution >= 0.6 is 11.6 Å². The van der Waals surface area contributed by atoms with Crippen LogP contribution in [0.25, 0.3) is 0 Å². The van der Waals surface area contributed by atoms with Gasteiger partial charge in [-0.1, -0.05) is 19.1 Å². The third kappa shape index (κ3) is 4.50. The zero-order valence-electron chi connectivity index (χ0n) is 12.6. The second-order valence-electron chi connectivity index (χ2n) is 5.03. The number of hydrogen-bond donors (Lipinski definition) is 0. The van der Waals surface area contributed by atoms with Gasteiger partial charge in [0, 0.05) is 13.5 Å². The molecular formula is C16H23ClO4. The van der Waals surface area contributed by atoms with E-state index >= 15 is 0 Å². The minimum Gasteiger partial charge on any atom is -0.490 e. The fourth-order valence-electron chi connectivity index (χ4n) is 2.16. The first kappa shape index (κ1) is 16.4. The molecule has 1 fully saturated rings. The smallest absolute Gasteiger partial charge is 0.161 e. The summed E-state index contributed by atoms with van der Waals surface area (Å²) >= 11 is 6.20. The molecule has 1 aliphatic rings. The molecule has 3 atom stereocenters. The molecule has 0 saturated heterocycles. The predicted molar refractivity (Wildman–Crippen MR) is 82.5 cm³/mol. The van der Waals surface area contributed by atoms with Gasteiger partial charge < -0.3 is 18.9 Å². The van der Waals surface area contributed by atoms with Crippen LogP contribution in [0.4, 0.5) is 0 Å². The number of ether oxygens (including phenoxy) is 4. The molecule has 5 heteroatoms. The molecule has 1 saturated carbocycles. The van der Waals surface area contributed by atoms with E-state index in [-0.39, 0.29) is 17.6 Å². The van der Waals surface area contributed by atoms with Crippen LogP contribution in [0.1, 0.15) is 19.8 Å². The predicted octanol–water partition coefficient (Wildman–Crippen LogP) is 3.27. The lowest BCUT2D eigenvalue weighted by molar-refractivity contribution is -0.0903. The van der Waals surface area contributed by atoms with Crippen LogP contribution in [-0.4, -0.2) is 44.5 Å². The standard InChI is InChI=1S/C16H23ClO4/c1-3-8-19-13-6-4-5-7-14(13)21-15-11-12(17)16(15)20-10-9-18-2/h4-7,12,15-16H,3,8-11H2,1-2H3. The first-order chi connectivity index (χ1) is 10.3. The lowest BCUT2D eigenvalue weighted by atomic mass is 9.91. The van der Waals surface area contributed by atoms with Crippen LogP contribution in [0, 0.1) is 0 Å². The Kier molecular flexibility index (Phi) is 6.61. The van der Waals surface area contributed by atoms with E-state index < -0.39 is 0 Å². The van der Waals surface area contributed by atoms with Crippen molar-refractivity contribution in [3.63, 3.8) is 0 Å². The number of hydrogen-bond acceptors (Lipinski definition) is 4. The molecule has 118 valence electrons. The summed E-state index contributed by atoms with van der Waals surface area (Å²) in [6.45, 7) is 3.84. The number of benzene rings is 1. The zero-order chi connectivity index (χ0) is 15.1. The van der Waals surface area contributed by atoms with E-state index in [0.29, 0.717) is 19.8 Å². The maximum Gasteiger partial charge on any atom is 0.161 e. The number of para-hydroxylation sites is 2. The maximum atomic E-state index is 6.20. The SMILES string of the molecule is CCCOc1ccccc1OC1CC(Cl)C1OCCOC. The summed E-state index contributed by atoms with van der Waals surface area (Å²) in [6.07, 6.45) is 1.61. The summed E-state index contributed by atoms with van der Waals surface area (Å²) in [4.78, 5) is 0. The number of methoxy groups -OCH3 is 1. The van der Waals surface area contributed by atoms with Gasteiger partial charge in [0.25, 0.3) is 0 Å². The van der Waals surface area contributed by atoms with E-state index in [1.54, 1.807) is 7.11 Å². The van der Waals surface area contributed by atoms with Gasteiger partial charge in [0.2, 0.25) is 0 Å². The molecule has 0 bridgehead atoms. The lowest BCUT2D eigenvalue weighted by Gasteiger charge is -2.40. The fourth-order valence-corrected chi connectivity index (χ4v) is 2.57. The number of alkyl halides is 1. The Morgan fingerprint density at radius 2 is 1.90 bits per heavy atom. The van der Waals surface area contributed by atoms with Crippen molar-refractivity contribution in [3.8, 4) is 11.5 Å². The average Bonchev–Trinajstić information content (AvgIpc) is 2.50. The summed E-state index contributed by atoms with van der Waals surface area (Å²) in [5.74, 6) is 1.52. The molecule has 0 spiro atoms. The Morgan fingerprint density at radius 1 is 1.14 bits per heavy atom. The van der Waals surface area contributed by atoms with E-state index in [1.807, 2.05) is 24.3 Å². The van der Waals surface area contributed by atoms with E-state index in [2.05, 4.69) is 6.92 Å². The second-order valence-corrected chi connectivity index (χ2v) is 5.59. The van der Waals surface area contributed by atoms with Gasteiger partial charge in [-0.05, 0) is 18.6 Å². The Labute approximate surface area is 131 Å². The summed E-state index contributed by atoms with van der Waals surface area (Å²) in [6, 6.07) is 7.71. The van der Waals surface area contributed by atoms with Gasteiger partial charge in [0.15, 0.2) is 11.5 Å². The van der Waals surface area contributed by atoms with Crippen LogP contribution in [-0.2, 0) is 9.47 Å². The van der Waals surface area contributed by atoms with Gasteiger partial charge in [0.1, 0.15) is 12.2 Å². The third-order valence-corrected chi connectivity index (χ3v) is 3.79. The van der Waals surface area contributed by atoms with Crippen molar-refractivity contribution in [2.24, 2.45) is 0 Å². The van der Waals surface area contributed by atoms with Crippen LogP contribution in [0.3, 0.4) is 0 Å². The molecule has 0 N–H and O–H groups in total. The Hall–Kier alpha value is -0.970. The molecular weight excluding hydrogens is 292 g/mol. The van der Waals surface area contributed by atoms with Gasteiger partial charge in [-0.2, -0.15) is 0 Å². The maximum absolute atomic E-state index is 6.20. The molecule has 1 aliphatic carbocycles. The van der Waals surface area contributed by atoms with Crippen LogP contribution < -0.4 is 9.47 Å². The highest BCUT2D eigenvalue weighted by Crippen LogP contribution is 2.36. The summed E-state index contributed by atoms with van der Waals surface area (Å²) in [7, 11) is 1.65. The average molecular weight is 315 g/mol. The lowest BCUT2D eigenvalue weighted by Crippen LogP contribution is -2.53. The van der Waals surface area contributed by atoms with E-state index in [1.165, 1.54) is 0 Å². The summed E-state index contributed by atoms with van der Waals surface area (Å²) in [5.41, 5.74) is 0. The molecule has 3 unspecified atom stereocenters. The minimum absolute atomic E-state index is 0.00409. The largest absolute Gasteiger partial charge is 0.490 e. The van der Waals surface area contributed by atoms with Crippen molar-refractivity contribution in [2.75, 3.05) is 26.9 Å². The van der Waals surface area contributed by atoms with Crippen molar-refractivity contribution >= 4 is 11.6 Å². The molecule has 0 aliphatic heterocycles. The molecule has 4 nitrogen and oxygen atoms in total. The van der Waals surface area contributed by atoms with Crippen LogP contribution in [0.2, 0.25) is 0 Å². The van der Waals surface area contributed by atoms with Crippen molar-refractivity contribution in [3.05, 3.63) is 24.3 Å². The highest BCUT2D eigenvalue weighted by molar-refractivity contribution is 6.21. The molecule has 1 aromatic rings. The first-order valence-corrected chi connectivity index (χ1v) is 7.83. The topological polar surface area (TPSA) is 36.9 Å². The van der Waals surface area contributed by atoms with E-state index in [4.69, 9.17) is 30.5 Å². The first-order valence-electron chi connectivity index (χ1n) is 7.39. The van der Waals surface area contributed by atoms with Crippen LogP contribution in [0.5, 0.6) is 11.5 Å². The van der Waals surface area contributed by atoms with Crippen molar-refractivity contribution in [1.29, 1.82) is 0 Å². The normalized spacial score (nSPS) is 24.4. The Balaban J connectivity index is 1.91. The molecule has 2 rings (SSSR count). The highest BCUT2D eigenvalue weighted by Gasteiger charge is 2.43. The quantitative estimate of drug-likeness (QED) is 0.518. The highest BCUT2D eigenvalue weighted by atomic mass is 35.5. The summed E-state index contributed by atoms with van der Waals surface area (Å²) in [5, 5.41) is -0.00409. The Morgan fingerprint density at radius 3 is 2.57 bits per heavy atom. The molecule has 0 amide bonds. The van der Waals surface area contributed by atoms with Gasteiger partial charge in [-0.25, -0.2) is 0 Å². The monoisotopic (exact) mass is 314 g/mol. The van der Waals surface area contributed by atoms with E-state index in [0.717, 1.165) is 24.3 Å². The van der Waals surface area contributed by atoms with Crippen molar-refractivity contribution < 1.29 is 18.9 Å². The molecule has 0 radical (unpaired) electrons. The fraction of sp³-hybridized carbons (Fsp3) is 0.625. The van der Waals surface area contributed by atoms with Crippen LogP contribution in [0.15, 0.2) is 24.3 Å². The van der Waals surface area contributed by atoms with Gasteiger partial charge in [0.05, 0.1) is 25.2 Å². The van der Waals surface area contributed by atoms with Crippen molar-refractivity contribution in [1.82, 2.24) is 0 Å². The Bertz CT molecular complexity index is 426. The third-order valence-electron chi connectivity index (χ3n) is 3.37. The van der Waals surface area contributed by atoms with Gasteiger partial charge in [-0.15, -0.1) is 11.6 Å². The number of rotatable bonds is 9. The molecule has 21 heavy (non-hydrogen) atoms. The van der Waals surface area contributed by atoms with Crippen molar-refractivity contribution in [2.45, 2.75) is 37.4 Å². The molecule has 0 heterocycles. The second kappa shape index (κ2) is 8.47. The van der Waals surface area contributed by atoms with Gasteiger partial charge in [-0.3, -0.25) is 0 Å². The van der Waals surface area contributed by atoms with Gasteiger partial charge >= 0.3 is 0 Å². The molecule has 1 aromatic carbocycles. The minimum atomic E-state index is -0.0963. The molecule has 0 aromatic heterocycles. The van der Waals surface area contributed by atoms with E-state index in [9.17, 15) is 0 Å². The zero-order valence-corrected chi connectivity index (χ0v) is 13.3. The number of halogens is 1.